The Balaban J connectivity index is 2.16. The number of aliphatic hydroxyl groups is 1. The van der Waals surface area contributed by atoms with E-state index >= 15 is 0 Å². The van der Waals surface area contributed by atoms with Crippen molar-refractivity contribution in [3.63, 3.8) is 0 Å². The van der Waals surface area contributed by atoms with Crippen LogP contribution in [-0.4, -0.2) is 10.7 Å². The zero-order valence-electron chi connectivity index (χ0n) is 8.69. The lowest BCUT2D eigenvalue weighted by Gasteiger charge is -2.10. The van der Waals surface area contributed by atoms with Gasteiger partial charge < -0.3 is 5.11 Å². The normalized spacial score (nSPS) is 17.9. The number of hydrogen-bond acceptors (Lipinski definition) is 1. The lowest BCUT2D eigenvalue weighted by atomic mass is 10.0. The van der Waals surface area contributed by atoms with E-state index in [2.05, 4.69) is 0 Å². The van der Waals surface area contributed by atoms with Crippen LogP contribution < -0.4 is 0 Å². The topological polar surface area (TPSA) is 20.2 Å². The second-order valence-electron chi connectivity index (χ2n) is 4.38. The molecule has 0 aromatic heterocycles. The van der Waals surface area contributed by atoms with Crippen LogP contribution in [0.15, 0.2) is 12.1 Å². The molecule has 0 amide bonds. The van der Waals surface area contributed by atoms with Crippen LogP contribution in [0.5, 0.6) is 0 Å². The fourth-order valence-corrected chi connectivity index (χ4v) is 1.70. The third-order valence-electron chi connectivity index (χ3n) is 3.05. The van der Waals surface area contributed by atoms with Gasteiger partial charge in [0.15, 0.2) is 0 Å². The number of aryl methyl sites for hydroxylation is 1. The van der Waals surface area contributed by atoms with Crippen LogP contribution in [-0.2, 0) is 6.42 Å². The molecule has 1 aromatic rings. The monoisotopic (exact) mass is 212 g/mol. The highest BCUT2D eigenvalue weighted by molar-refractivity contribution is 5.27. The second-order valence-corrected chi connectivity index (χ2v) is 4.38. The number of halogens is 2. The van der Waals surface area contributed by atoms with E-state index in [4.69, 9.17) is 0 Å². The minimum absolute atomic E-state index is 0.107. The molecule has 1 fully saturated rings. The van der Waals surface area contributed by atoms with Crippen LogP contribution in [0.2, 0.25) is 0 Å². The molecule has 3 heteroatoms. The van der Waals surface area contributed by atoms with E-state index in [0.29, 0.717) is 12.0 Å². The standard InChI is InChI=1S/C12H14F2O/c1-8-2-3-10(13)9(11(8)14)4-5-12(15)6-7-12/h2-3,15H,4-7H2,1H3. The zero-order chi connectivity index (χ0) is 11.1. The summed E-state index contributed by atoms with van der Waals surface area (Å²) in [4.78, 5) is 0. The predicted octanol–water partition coefficient (Wildman–Crippen LogP) is 2.73. The Labute approximate surface area is 87.7 Å². The summed E-state index contributed by atoms with van der Waals surface area (Å²) in [5.41, 5.74) is -0.0904. The smallest absolute Gasteiger partial charge is 0.132 e. The average Bonchev–Trinajstić information content (AvgIpc) is 2.91. The van der Waals surface area contributed by atoms with E-state index in [-0.39, 0.29) is 12.0 Å². The molecule has 2 rings (SSSR count). The molecule has 1 aromatic carbocycles. The quantitative estimate of drug-likeness (QED) is 0.816. The van der Waals surface area contributed by atoms with Crippen molar-refractivity contribution in [3.8, 4) is 0 Å². The molecular formula is C12H14F2O. The molecule has 0 aliphatic heterocycles. The Kier molecular flexibility index (Phi) is 2.51. The van der Waals surface area contributed by atoms with E-state index in [0.717, 1.165) is 12.8 Å². The third kappa shape index (κ3) is 2.17. The van der Waals surface area contributed by atoms with Gasteiger partial charge in [-0.05, 0) is 44.2 Å². The molecule has 0 spiro atoms. The molecule has 1 saturated carbocycles. The fourth-order valence-electron chi connectivity index (χ4n) is 1.70. The van der Waals surface area contributed by atoms with Crippen molar-refractivity contribution in [2.45, 2.75) is 38.2 Å². The predicted molar refractivity (Wildman–Crippen MR) is 53.6 cm³/mol. The van der Waals surface area contributed by atoms with Crippen LogP contribution in [0.25, 0.3) is 0 Å². The zero-order valence-corrected chi connectivity index (χ0v) is 8.69. The van der Waals surface area contributed by atoms with Gasteiger partial charge in [-0.15, -0.1) is 0 Å². The minimum atomic E-state index is -0.650. The van der Waals surface area contributed by atoms with Gasteiger partial charge in [0.1, 0.15) is 11.6 Å². The highest BCUT2D eigenvalue weighted by atomic mass is 19.1. The van der Waals surface area contributed by atoms with Crippen LogP contribution >= 0.6 is 0 Å². The molecule has 1 aliphatic rings. The Morgan fingerprint density at radius 2 is 2.00 bits per heavy atom. The van der Waals surface area contributed by atoms with Crippen molar-refractivity contribution < 1.29 is 13.9 Å². The van der Waals surface area contributed by atoms with Gasteiger partial charge in [0, 0.05) is 5.56 Å². The number of benzene rings is 1. The highest BCUT2D eigenvalue weighted by Gasteiger charge is 2.39. The van der Waals surface area contributed by atoms with Gasteiger partial charge >= 0.3 is 0 Å². The summed E-state index contributed by atoms with van der Waals surface area (Å²) in [6, 6.07) is 2.71. The summed E-state index contributed by atoms with van der Waals surface area (Å²) in [7, 11) is 0. The summed E-state index contributed by atoms with van der Waals surface area (Å²) in [6.45, 7) is 1.62. The van der Waals surface area contributed by atoms with Gasteiger partial charge in [-0.3, -0.25) is 0 Å². The van der Waals surface area contributed by atoms with Crippen LogP contribution in [0, 0.1) is 18.6 Å². The van der Waals surface area contributed by atoms with E-state index in [1.165, 1.54) is 12.1 Å². The maximum absolute atomic E-state index is 13.5. The Morgan fingerprint density at radius 3 is 2.60 bits per heavy atom. The van der Waals surface area contributed by atoms with E-state index < -0.39 is 17.2 Å². The van der Waals surface area contributed by atoms with Crippen molar-refractivity contribution in [1.29, 1.82) is 0 Å². The molecule has 15 heavy (non-hydrogen) atoms. The highest BCUT2D eigenvalue weighted by Crippen LogP contribution is 2.39. The Morgan fingerprint density at radius 1 is 1.33 bits per heavy atom. The Bertz CT molecular complexity index is 383. The van der Waals surface area contributed by atoms with Crippen molar-refractivity contribution >= 4 is 0 Å². The van der Waals surface area contributed by atoms with Gasteiger partial charge in [-0.25, -0.2) is 8.78 Å². The fraction of sp³-hybridized carbons (Fsp3) is 0.500. The maximum atomic E-state index is 13.5. The summed E-state index contributed by atoms with van der Waals surface area (Å²) in [6.07, 6.45) is 2.23. The van der Waals surface area contributed by atoms with Crippen LogP contribution in [0.1, 0.15) is 30.4 Å². The second kappa shape index (κ2) is 3.56. The summed E-state index contributed by atoms with van der Waals surface area (Å²) < 4.78 is 26.8. The van der Waals surface area contributed by atoms with Crippen molar-refractivity contribution in [3.05, 3.63) is 34.9 Å². The number of rotatable bonds is 3. The average molecular weight is 212 g/mol. The van der Waals surface area contributed by atoms with Crippen molar-refractivity contribution in [2.24, 2.45) is 0 Å². The van der Waals surface area contributed by atoms with Gasteiger partial charge in [0.05, 0.1) is 5.60 Å². The van der Waals surface area contributed by atoms with E-state index in [1.807, 2.05) is 0 Å². The van der Waals surface area contributed by atoms with Crippen LogP contribution in [0.4, 0.5) is 8.78 Å². The van der Waals surface area contributed by atoms with Gasteiger partial charge in [-0.2, -0.15) is 0 Å². The molecule has 1 nitrogen and oxygen atoms in total. The summed E-state index contributed by atoms with van der Waals surface area (Å²) >= 11 is 0. The minimum Gasteiger partial charge on any atom is -0.390 e. The largest absolute Gasteiger partial charge is 0.390 e. The van der Waals surface area contributed by atoms with Crippen molar-refractivity contribution in [2.75, 3.05) is 0 Å². The van der Waals surface area contributed by atoms with Crippen LogP contribution in [0.3, 0.4) is 0 Å². The van der Waals surface area contributed by atoms with E-state index in [1.54, 1.807) is 6.92 Å². The summed E-state index contributed by atoms with van der Waals surface area (Å²) in [5.74, 6) is -0.985. The molecule has 0 heterocycles. The Hall–Kier alpha value is -0.960. The molecule has 0 atom stereocenters. The van der Waals surface area contributed by atoms with Gasteiger partial charge in [-0.1, -0.05) is 6.07 Å². The first-order chi connectivity index (χ1) is 7.02. The molecule has 0 radical (unpaired) electrons. The molecule has 0 unspecified atom stereocenters. The summed E-state index contributed by atoms with van der Waals surface area (Å²) in [5, 5.41) is 9.60. The molecule has 1 N–H and O–H groups in total. The van der Waals surface area contributed by atoms with E-state index in [9.17, 15) is 13.9 Å². The number of hydrogen-bond donors (Lipinski definition) is 1. The third-order valence-corrected chi connectivity index (χ3v) is 3.05. The van der Waals surface area contributed by atoms with Gasteiger partial charge in [0.2, 0.25) is 0 Å². The first-order valence-electron chi connectivity index (χ1n) is 5.18. The molecule has 1 aliphatic carbocycles. The van der Waals surface area contributed by atoms with Crippen molar-refractivity contribution in [1.82, 2.24) is 0 Å². The first-order valence-corrected chi connectivity index (χ1v) is 5.18. The van der Waals surface area contributed by atoms with Gasteiger partial charge in [0.25, 0.3) is 0 Å². The lowest BCUT2D eigenvalue weighted by Crippen LogP contribution is -2.10. The molecule has 0 saturated heterocycles. The first kappa shape index (κ1) is 10.6. The lowest BCUT2D eigenvalue weighted by molar-refractivity contribution is 0.140. The molecule has 82 valence electrons. The maximum Gasteiger partial charge on any atom is 0.132 e. The molecule has 0 bridgehead atoms. The SMILES string of the molecule is Cc1ccc(F)c(CCC2(O)CC2)c1F. The molecular weight excluding hydrogens is 198 g/mol.